The van der Waals surface area contributed by atoms with Crippen LogP contribution in [0, 0.1) is 0 Å². The average molecular weight is 484 g/mol. The minimum Gasteiger partial charge on any atom is -0.497 e. The first-order chi connectivity index (χ1) is 15.8. The SMILES string of the molecule is COc1ccc(-c2nc3ccc(C(=O)OC(C)C(=O)Nc4cc(Cl)ccc4Cl)cc3[nH]2)cc1. The van der Waals surface area contributed by atoms with E-state index in [-0.39, 0.29) is 5.56 Å². The molecule has 1 unspecified atom stereocenters. The van der Waals surface area contributed by atoms with E-state index in [2.05, 4.69) is 15.3 Å². The van der Waals surface area contributed by atoms with E-state index < -0.39 is 18.0 Å². The molecule has 0 saturated heterocycles. The van der Waals surface area contributed by atoms with Crippen molar-refractivity contribution in [3.05, 3.63) is 76.3 Å². The number of benzene rings is 3. The molecule has 0 aliphatic heterocycles. The van der Waals surface area contributed by atoms with Crippen molar-refractivity contribution in [3.8, 4) is 17.1 Å². The predicted octanol–water partition coefficient (Wildman–Crippen LogP) is 5.73. The minimum absolute atomic E-state index is 0.285. The van der Waals surface area contributed by atoms with E-state index in [4.69, 9.17) is 32.7 Å². The van der Waals surface area contributed by atoms with E-state index in [9.17, 15) is 9.59 Å². The number of H-pyrrole nitrogens is 1. The number of hydrogen-bond donors (Lipinski definition) is 2. The minimum atomic E-state index is -1.06. The lowest BCUT2D eigenvalue weighted by Gasteiger charge is -2.14. The van der Waals surface area contributed by atoms with Crippen molar-refractivity contribution in [1.82, 2.24) is 9.97 Å². The van der Waals surface area contributed by atoms with Crippen molar-refractivity contribution in [2.75, 3.05) is 12.4 Å². The molecule has 0 saturated carbocycles. The van der Waals surface area contributed by atoms with Gasteiger partial charge >= 0.3 is 5.97 Å². The number of carbonyl (C=O) groups is 2. The zero-order valence-electron chi connectivity index (χ0n) is 17.7. The summed E-state index contributed by atoms with van der Waals surface area (Å²) in [5, 5.41) is 3.35. The van der Waals surface area contributed by atoms with Crippen molar-refractivity contribution in [3.63, 3.8) is 0 Å². The molecule has 1 amide bonds. The summed E-state index contributed by atoms with van der Waals surface area (Å²) in [7, 11) is 1.60. The average Bonchev–Trinajstić information content (AvgIpc) is 3.24. The third-order valence-electron chi connectivity index (χ3n) is 4.92. The number of anilines is 1. The second-order valence-corrected chi connectivity index (χ2v) is 8.05. The molecule has 1 heterocycles. The number of aromatic amines is 1. The zero-order chi connectivity index (χ0) is 23.5. The fraction of sp³-hybridized carbons (Fsp3) is 0.125. The fourth-order valence-corrected chi connectivity index (χ4v) is 3.47. The Morgan fingerprint density at radius 3 is 2.52 bits per heavy atom. The molecule has 0 aliphatic rings. The quantitative estimate of drug-likeness (QED) is 0.341. The largest absolute Gasteiger partial charge is 0.497 e. The molecule has 168 valence electrons. The Morgan fingerprint density at radius 1 is 1.03 bits per heavy atom. The summed E-state index contributed by atoms with van der Waals surface area (Å²) in [4.78, 5) is 32.8. The number of methoxy groups -OCH3 is 1. The van der Waals surface area contributed by atoms with Gasteiger partial charge in [-0.2, -0.15) is 0 Å². The summed E-state index contributed by atoms with van der Waals surface area (Å²) in [5.41, 5.74) is 2.85. The van der Waals surface area contributed by atoms with Gasteiger partial charge in [-0.15, -0.1) is 0 Å². The van der Waals surface area contributed by atoms with Gasteiger partial charge in [0.1, 0.15) is 11.6 Å². The van der Waals surface area contributed by atoms with Crippen LogP contribution in [0.3, 0.4) is 0 Å². The summed E-state index contributed by atoms with van der Waals surface area (Å²) >= 11 is 12.0. The molecule has 33 heavy (non-hydrogen) atoms. The number of ether oxygens (including phenoxy) is 2. The number of halogens is 2. The number of aromatic nitrogens is 2. The molecule has 4 rings (SSSR count). The molecule has 1 aromatic heterocycles. The molecule has 0 aliphatic carbocycles. The van der Waals surface area contributed by atoms with Crippen LogP contribution in [0.1, 0.15) is 17.3 Å². The summed E-state index contributed by atoms with van der Waals surface area (Å²) in [6, 6.07) is 17.1. The van der Waals surface area contributed by atoms with E-state index in [1.807, 2.05) is 24.3 Å². The first kappa shape index (κ1) is 22.6. The monoisotopic (exact) mass is 483 g/mol. The van der Waals surface area contributed by atoms with Crippen LogP contribution in [0.4, 0.5) is 5.69 Å². The Balaban J connectivity index is 1.47. The van der Waals surface area contributed by atoms with E-state index in [0.717, 1.165) is 11.3 Å². The van der Waals surface area contributed by atoms with Crippen molar-refractivity contribution in [2.24, 2.45) is 0 Å². The number of rotatable bonds is 6. The van der Waals surface area contributed by atoms with Crippen molar-refractivity contribution in [1.29, 1.82) is 0 Å². The number of nitrogens with zero attached hydrogens (tertiary/aromatic N) is 1. The molecule has 4 aromatic rings. The van der Waals surface area contributed by atoms with Crippen LogP contribution in [0.5, 0.6) is 5.75 Å². The van der Waals surface area contributed by atoms with Crippen LogP contribution in [0.2, 0.25) is 10.0 Å². The van der Waals surface area contributed by atoms with Gasteiger partial charge in [-0.1, -0.05) is 23.2 Å². The maximum atomic E-state index is 12.6. The number of carbonyl (C=O) groups excluding carboxylic acids is 2. The van der Waals surface area contributed by atoms with Crippen LogP contribution in [0.25, 0.3) is 22.4 Å². The summed E-state index contributed by atoms with van der Waals surface area (Å²) < 4.78 is 10.5. The van der Waals surface area contributed by atoms with Crippen molar-refractivity contribution < 1.29 is 19.1 Å². The maximum Gasteiger partial charge on any atom is 0.338 e. The summed E-state index contributed by atoms with van der Waals surface area (Å²) in [6.45, 7) is 1.47. The van der Waals surface area contributed by atoms with Crippen LogP contribution < -0.4 is 10.1 Å². The van der Waals surface area contributed by atoms with Gasteiger partial charge in [0.05, 0.1) is 34.4 Å². The Morgan fingerprint density at radius 2 is 1.79 bits per heavy atom. The normalized spacial score (nSPS) is 11.8. The number of amides is 1. The smallest absolute Gasteiger partial charge is 0.338 e. The summed E-state index contributed by atoms with van der Waals surface area (Å²) in [6.07, 6.45) is -1.06. The van der Waals surface area contributed by atoms with Gasteiger partial charge in [0.25, 0.3) is 5.91 Å². The van der Waals surface area contributed by atoms with Gasteiger partial charge in [0, 0.05) is 10.6 Å². The van der Waals surface area contributed by atoms with E-state index in [1.54, 1.807) is 37.4 Å². The molecular weight excluding hydrogens is 465 g/mol. The van der Waals surface area contributed by atoms with Crippen LogP contribution in [-0.2, 0) is 9.53 Å². The number of fused-ring (bicyclic) bond motifs is 1. The highest BCUT2D eigenvalue weighted by Gasteiger charge is 2.20. The number of hydrogen-bond acceptors (Lipinski definition) is 5. The Kier molecular flexibility index (Phi) is 6.53. The lowest BCUT2D eigenvalue weighted by Crippen LogP contribution is -2.30. The molecule has 1 atom stereocenters. The Bertz CT molecular complexity index is 1340. The highest BCUT2D eigenvalue weighted by Crippen LogP contribution is 2.26. The molecule has 0 radical (unpaired) electrons. The van der Waals surface area contributed by atoms with Gasteiger partial charge in [0.2, 0.25) is 0 Å². The molecule has 0 fully saturated rings. The number of imidazole rings is 1. The molecule has 2 N–H and O–H groups in total. The van der Waals surface area contributed by atoms with Gasteiger partial charge < -0.3 is 19.8 Å². The predicted molar refractivity (Wildman–Crippen MR) is 128 cm³/mol. The second-order valence-electron chi connectivity index (χ2n) is 7.21. The third kappa shape index (κ3) is 5.10. The maximum absolute atomic E-state index is 12.6. The van der Waals surface area contributed by atoms with Crippen molar-refractivity contribution >= 4 is 51.8 Å². The lowest BCUT2D eigenvalue weighted by molar-refractivity contribution is -0.123. The van der Waals surface area contributed by atoms with Crippen LogP contribution in [-0.4, -0.2) is 35.1 Å². The van der Waals surface area contributed by atoms with Crippen LogP contribution in [0.15, 0.2) is 60.7 Å². The Labute approximate surface area is 199 Å². The van der Waals surface area contributed by atoms with Gasteiger partial charge in [-0.25, -0.2) is 9.78 Å². The van der Waals surface area contributed by atoms with E-state index in [1.165, 1.54) is 13.0 Å². The van der Waals surface area contributed by atoms with Crippen LogP contribution >= 0.6 is 23.2 Å². The first-order valence-electron chi connectivity index (χ1n) is 9.95. The van der Waals surface area contributed by atoms with Gasteiger partial charge in [0.15, 0.2) is 6.10 Å². The molecule has 0 bridgehead atoms. The second kappa shape index (κ2) is 9.52. The summed E-state index contributed by atoms with van der Waals surface area (Å²) in [5.74, 6) is 0.231. The molecule has 9 heteroatoms. The molecule has 3 aromatic carbocycles. The standard InChI is InChI=1S/C24H19Cl2N3O4/c1-13(23(30)29-20-12-16(25)6-9-18(20)26)33-24(31)15-5-10-19-21(11-15)28-22(27-19)14-3-7-17(32-2)8-4-14/h3-13H,1-2H3,(H,27,28)(H,29,30). The highest BCUT2D eigenvalue weighted by molar-refractivity contribution is 6.35. The zero-order valence-corrected chi connectivity index (χ0v) is 19.2. The molecule has 0 spiro atoms. The number of nitrogens with one attached hydrogen (secondary N) is 2. The van der Waals surface area contributed by atoms with Gasteiger partial charge in [-0.05, 0) is 67.6 Å². The van der Waals surface area contributed by atoms with Gasteiger partial charge in [-0.3, -0.25) is 4.79 Å². The van der Waals surface area contributed by atoms with E-state index >= 15 is 0 Å². The molecule has 7 nitrogen and oxygen atoms in total. The first-order valence-corrected chi connectivity index (χ1v) is 10.7. The lowest BCUT2D eigenvalue weighted by atomic mass is 10.2. The van der Waals surface area contributed by atoms with Crippen molar-refractivity contribution in [2.45, 2.75) is 13.0 Å². The third-order valence-corrected chi connectivity index (χ3v) is 5.49. The topological polar surface area (TPSA) is 93.3 Å². The molecular formula is C24H19Cl2N3O4. The Hall–Kier alpha value is -3.55. The highest BCUT2D eigenvalue weighted by atomic mass is 35.5. The number of esters is 1. The fourth-order valence-electron chi connectivity index (χ4n) is 3.13. The van der Waals surface area contributed by atoms with E-state index in [0.29, 0.717) is 32.6 Å².